The number of aliphatic hydroxyl groups is 2. The number of aliphatic carboxylic acids is 1. The van der Waals surface area contributed by atoms with Crippen molar-refractivity contribution in [2.75, 3.05) is 13.2 Å². The number of hydrogen-bond donors (Lipinski definition) is 3. The first kappa shape index (κ1) is 74.1. The summed E-state index contributed by atoms with van der Waals surface area (Å²) in [6, 6.07) is 0. The predicted molar refractivity (Wildman–Crippen MR) is 330 cm³/mol. The van der Waals surface area contributed by atoms with Crippen molar-refractivity contribution in [3.8, 4) is 0 Å². The molecule has 0 saturated carbocycles. The second-order valence-corrected chi connectivity index (χ2v) is 20.9. The van der Waals surface area contributed by atoms with Crippen LogP contribution in [0.4, 0.5) is 0 Å². The first-order valence-corrected chi connectivity index (χ1v) is 31.5. The maximum Gasteiger partial charge on any atom is 0.335 e. The molecule has 0 aromatic rings. The molecule has 1 aliphatic rings. The molecule has 0 radical (unpaired) electrons. The minimum atomic E-state index is -1.92. The van der Waals surface area contributed by atoms with Crippen LogP contribution in [0.1, 0.15) is 239 Å². The van der Waals surface area contributed by atoms with Crippen molar-refractivity contribution in [3.63, 3.8) is 0 Å². The molecular weight excluding hydrogens is 1020 g/mol. The first-order valence-electron chi connectivity index (χ1n) is 31.5. The molecule has 1 rings (SSSR count). The van der Waals surface area contributed by atoms with E-state index in [1.807, 2.05) is 0 Å². The van der Waals surface area contributed by atoms with E-state index < -0.39 is 67.3 Å². The lowest BCUT2D eigenvalue weighted by Crippen LogP contribution is -2.61. The Kier molecular flexibility index (Phi) is 50.9. The highest BCUT2D eigenvalue weighted by atomic mass is 16.7. The van der Waals surface area contributed by atoms with Crippen LogP contribution in [0.15, 0.2) is 122 Å². The number of allylic oxidation sites excluding steroid dienone is 20. The molecule has 6 unspecified atom stereocenters. The maximum absolute atomic E-state index is 13.2. The Morgan fingerprint density at radius 3 is 1.21 bits per heavy atom. The van der Waals surface area contributed by atoms with Crippen LogP contribution in [0.3, 0.4) is 0 Å². The third-order valence-corrected chi connectivity index (χ3v) is 13.5. The number of esters is 3. The molecule has 3 N–H and O–H groups in total. The molecule has 1 aliphatic heterocycles. The number of carbonyl (C=O) groups excluding carboxylic acids is 3. The van der Waals surface area contributed by atoms with Gasteiger partial charge in [0.1, 0.15) is 18.8 Å². The highest BCUT2D eigenvalue weighted by molar-refractivity contribution is 5.74. The Morgan fingerprint density at radius 2 is 0.778 bits per heavy atom. The standard InChI is InChI=1S/C69H110O12/c1-4-7-10-13-16-19-22-25-28-30-31-33-35-37-40-43-46-49-52-55-61(70)77-58-60(79-62(71)56-53-50-47-44-41-38-34-27-24-21-18-15-12-9-6-3)59-78-69-67(65(74)64(73)66(81-69)68(75)76)80-63(72)57-54-51-48-45-42-39-36-32-29-26-23-20-17-14-11-8-5-2/h8-9,11-12,16-21,25-29,31,33-34,41,44,60,64-67,69,73-74H,4-7,10,13-15,22-24,30,32,35-40,42-43,45-59H2,1-3H3,(H,75,76)/b11-8-,12-9-,19-16-,20-17-,21-18-,28-25-,29-26-,33-31-,34-27-,44-41-. The summed E-state index contributed by atoms with van der Waals surface area (Å²) < 4.78 is 28.4. The molecule has 12 heteroatoms. The van der Waals surface area contributed by atoms with Gasteiger partial charge in [0.2, 0.25) is 0 Å². The number of ether oxygens (including phenoxy) is 5. The van der Waals surface area contributed by atoms with Crippen molar-refractivity contribution in [1.29, 1.82) is 0 Å². The average molecular weight is 1130 g/mol. The summed E-state index contributed by atoms with van der Waals surface area (Å²) in [6.45, 7) is 5.69. The zero-order valence-corrected chi connectivity index (χ0v) is 50.5. The van der Waals surface area contributed by atoms with Gasteiger partial charge in [-0.3, -0.25) is 14.4 Å². The first-order chi connectivity index (χ1) is 39.6. The molecule has 6 atom stereocenters. The van der Waals surface area contributed by atoms with E-state index in [-0.39, 0.29) is 25.9 Å². The van der Waals surface area contributed by atoms with Crippen LogP contribution in [-0.4, -0.2) is 89.2 Å². The lowest BCUT2D eigenvalue weighted by molar-refractivity contribution is -0.301. The van der Waals surface area contributed by atoms with Gasteiger partial charge < -0.3 is 39.0 Å². The summed E-state index contributed by atoms with van der Waals surface area (Å²) in [6.07, 6.45) is 64.4. The Labute approximate surface area is 490 Å². The molecule has 1 saturated heterocycles. The normalized spacial score (nSPS) is 18.6. The molecule has 12 nitrogen and oxygen atoms in total. The van der Waals surface area contributed by atoms with Gasteiger partial charge in [-0.2, -0.15) is 0 Å². The summed E-state index contributed by atoms with van der Waals surface area (Å²) in [5.41, 5.74) is 0. The fourth-order valence-corrected chi connectivity index (χ4v) is 8.73. The zero-order chi connectivity index (χ0) is 58.9. The van der Waals surface area contributed by atoms with Gasteiger partial charge in [0.15, 0.2) is 24.6 Å². The van der Waals surface area contributed by atoms with Crippen LogP contribution >= 0.6 is 0 Å². The molecule has 0 aliphatic carbocycles. The van der Waals surface area contributed by atoms with Crippen LogP contribution in [-0.2, 0) is 42.9 Å². The predicted octanol–water partition coefficient (Wildman–Crippen LogP) is 16.8. The maximum atomic E-state index is 13.2. The number of carbonyl (C=O) groups is 4. The van der Waals surface area contributed by atoms with E-state index >= 15 is 0 Å². The summed E-state index contributed by atoms with van der Waals surface area (Å²) in [7, 11) is 0. The summed E-state index contributed by atoms with van der Waals surface area (Å²) in [5, 5.41) is 31.6. The quantitative estimate of drug-likeness (QED) is 0.0228. The average Bonchev–Trinajstić information content (AvgIpc) is 3.53. The fourth-order valence-electron chi connectivity index (χ4n) is 8.73. The minimum absolute atomic E-state index is 0.0365. The number of carboxylic acid groups (broad SMARTS) is 1. The second kappa shape index (κ2) is 55.6. The third kappa shape index (κ3) is 45.3. The Morgan fingerprint density at radius 1 is 0.420 bits per heavy atom. The molecule has 1 fully saturated rings. The summed E-state index contributed by atoms with van der Waals surface area (Å²) in [5.74, 6) is -3.22. The van der Waals surface area contributed by atoms with Crippen molar-refractivity contribution in [3.05, 3.63) is 122 Å². The van der Waals surface area contributed by atoms with E-state index in [9.17, 15) is 34.5 Å². The molecule has 1 heterocycles. The minimum Gasteiger partial charge on any atom is -0.479 e. The lowest BCUT2D eigenvalue weighted by Gasteiger charge is -2.40. The molecule has 81 heavy (non-hydrogen) atoms. The number of hydrogen-bond acceptors (Lipinski definition) is 11. The molecule has 458 valence electrons. The van der Waals surface area contributed by atoms with Crippen molar-refractivity contribution < 1.29 is 58.2 Å². The van der Waals surface area contributed by atoms with E-state index in [0.717, 1.165) is 154 Å². The van der Waals surface area contributed by atoms with Gasteiger partial charge >= 0.3 is 23.9 Å². The van der Waals surface area contributed by atoms with E-state index in [1.54, 1.807) is 0 Å². The van der Waals surface area contributed by atoms with Crippen LogP contribution in [0.2, 0.25) is 0 Å². The monoisotopic (exact) mass is 1130 g/mol. The molecular formula is C69H110O12. The third-order valence-electron chi connectivity index (χ3n) is 13.5. The molecule has 0 bridgehead atoms. The van der Waals surface area contributed by atoms with Crippen LogP contribution < -0.4 is 0 Å². The van der Waals surface area contributed by atoms with Crippen molar-refractivity contribution in [2.45, 2.75) is 276 Å². The van der Waals surface area contributed by atoms with Gasteiger partial charge in [0.25, 0.3) is 0 Å². The second-order valence-electron chi connectivity index (χ2n) is 20.9. The SMILES string of the molecule is CC/C=C\C/C=C\C/C=C\C/C=C\CCCCC(=O)OC(COC(=O)CCCCCCCC/C=C\C/C=C\C/C=C\CCCCC)COC1OC(C(=O)O)C(O)C(O)C1OC(=O)CCCCCCCCC/C=C\C/C=C\C/C=C\CC. The van der Waals surface area contributed by atoms with Crippen molar-refractivity contribution in [1.82, 2.24) is 0 Å². The molecule has 0 amide bonds. The Bertz CT molecular complexity index is 1870. The number of aliphatic hydroxyl groups excluding tert-OH is 2. The van der Waals surface area contributed by atoms with Gasteiger partial charge in [0, 0.05) is 19.3 Å². The van der Waals surface area contributed by atoms with Crippen molar-refractivity contribution in [2.24, 2.45) is 0 Å². The highest BCUT2D eigenvalue weighted by Crippen LogP contribution is 2.26. The van der Waals surface area contributed by atoms with Crippen LogP contribution in [0.5, 0.6) is 0 Å². The summed E-state index contributed by atoms with van der Waals surface area (Å²) in [4.78, 5) is 51.3. The van der Waals surface area contributed by atoms with Gasteiger partial charge in [-0.1, -0.05) is 213 Å². The highest BCUT2D eigenvalue weighted by Gasteiger charge is 2.50. The zero-order valence-electron chi connectivity index (χ0n) is 50.5. The van der Waals surface area contributed by atoms with Crippen LogP contribution in [0.25, 0.3) is 0 Å². The van der Waals surface area contributed by atoms with Gasteiger partial charge in [0.05, 0.1) is 6.61 Å². The molecule has 0 aromatic carbocycles. The van der Waals surface area contributed by atoms with Gasteiger partial charge in [-0.15, -0.1) is 0 Å². The van der Waals surface area contributed by atoms with Crippen molar-refractivity contribution >= 4 is 23.9 Å². The Hall–Kier alpha value is -4.88. The van der Waals surface area contributed by atoms with Gasteiger partial charge in [-0.25, -0.2) is 4.79 Å². The largest absolute Gasteiger partial charge is 0.479 e. The summed E-state index contributed by atoms with van der Waals surface area (Å²) >= 11 is 0. The van der Waals surface area contributed by atoms with E-state index in [2.05, 4.69) is 142 Å². The van der Waals surface area contributed by atoms with E-state index in [0.29, 0.717) is 19.3 Å². The fraction of sp³-hybridized carbons (Fsp3) is 0.652. The van der Waals surface area contributed by atoms with Crippen LogP contribution in [0, 0.1) is 0 Å². The smallest absolute Gasteiger partial charge is 0.335 e. The number of unbranched alkanes of at least 4 members (excludes halogenated alkanes) is 18. The molecule has 0 aromatic heterocycles. The number of rotatable bonds is 52. The van der Waals surface area contributed by atoms with E-state index in [4.69, 9.17) is 23.7 Å². The van der Waals surface area contributed by atoms with E-state index in [1.165, 1.54) is 25.7 Å². The molecule has 0 spiro atoms. The topological polar surface area (TPSA) is 175 Å². The van der Waals surface area contributed by atoms with Gasteiger partial charge in [-0.05, 0) is 128 Å². The number of carboxylic acids is 1. The lowest BCUT2D eigenvalue weighted by atomic mass is 9.98. The Balaban J connectivity index is 2.71.